The van der Waals surface area contributed by atoms with Crippen LogP contribution in [0.2, 0.25) is 0 Å². The fourth-order valence-electron chi connectivity index (χ4n) is 0.152. The van der Waals surface area contributed by atoms with E-state index < -0.39 is 0 Å². The largest absolute Gasteiger partial charge is 0.327 e. The molecule has 2 heteroatoms. The average molecular weight is 103 g/mol. The first kappa shape index (κ1) is 6.05. The van der Waals surface area contributed by atoms with E-state index >= 15 is 0 Å². The molecule has 0 radical (unpaired) electrons. The van der Waals surface area contributed by atoms with Crippen LogP contribution in [0.15, 0.2) is 11.5 Å². The molecule has 0 aromatic carbocycles. The Balaban J connectivity index is 2.73. The SMILES string of the molecule is CSC=CCN. The molecule has 2 N–H and O–H groups in total. The second-order valence-electron chi connectivity index (χ2n) is 0.843. The van der Waals surface area contributed by atoms with Crippen LogP contribution in [0.1, 0.15) is 0 Å². The first-order chi connectivity index (χ1) is 2.91. The third-order valence-electron chi connectivity index (χ3n) is 0.368. The van der Waals surface area contributed by atoms with E-state index in [2.05, 4.69) is 0 Å². The standard InChI is InChI=1S/C4H9NS/c1-6-4-2-3-5/h2,4H,3,5H2,1H3. The third kappa shape index (κ3) is 4.05. The van der Waals surface area contributed by atoms with Gasteiger partial charge in [0.25, 0.3) is 0 Å². The quantitative estimate of drug-likeness (QED) is 0.560. The van der Waals surface area contributed by atoms with Gasteiger partial charge in [0.05, 0.1) is 0 Å². The smallest absolute Gasteiger partial charge is 0.0114 e. The predicted octanol–water partition coefficient (Wildman–Crippen LogP) is 0.822. The number of rotatable bonds is 2. The van der Waals surface area contributed by atoms with E-state index in [9.17, 15) is 0 Å². The summed E-state index contributed by atoms with van der Waals surface area (Å²) in [6, 6.07) is 0. The van der Waals surface area contributed by atoms with Crippen molar-refractivity contribution in [3.8, 4) is 0 Å². The van der Waals surface area contributed by atoms with E-state index in [1.165, 1.54) is 0 Å². The van der Waals surface area contributed by atoms with E-state index in [0.717, 1.165) is 0 Å². The second-order valence-corrected chi connectivity index (χ2v) is 1.59. The Morgan fingerprint density at radius 1 is 1.83 bits per heavy atom. The fourth-order valence-corrected chi connectivity index (χ4v) is 0.455. The molecule has 0 aromatic heterocycles. The van der Waals surface area contributed by atoms with Gasteiger partial charge in [0.2, 0.25) is 0 Å². The molecule has 0 spiro atoms. The zero-order chi connectivity index (χ0) is 4.83. The monoisotopic (exact) mass is 103 g/mol. The Morgan fingerprint density at radius 2 is 2.50 bits per heavy atom. The summed E-state index contributed by atoms with van der Waals surface area (Å²) in [5, 5.41) is 1.97. The number of nitrogens with two attached hydrogens (primary N) is 1. The summed E-state index contributed by atoms with van der Waals surface area (Å²) in [4.78, 5) is 0. The van der Waals surface area contributed by atoms with Crippen LogP contribution in [0.4, 0.5) is 0 Å². The molecule has 0 aliphatic heterocycles. The summed E-state index contributed by atoms with van der Waals surface area (Å²) in [5.74, 6) is 0. The van der Waals surface area contributed by atoms with Crippen LogP contribution in [0.3, 0.4) is 0 Å². The fraction of sp³-hybridized carbons (Fsp3) is 0.500. The molecule has 0 heterocycles. The Bertz CT molecular complexity index is 36.8. The maximum atomic E-state index is 5.11. The number of thioether (sulfide) groups is 1. The summed E-state index contributed by atoms with van der Waals surface area (Å²) in [5.41, 5.74) is 5.11. The van der Waals surface area contributed by atoms with Crippen LogP contribution in [0, 0.1) is 0 Å². The maximum Gasteiger partial charge on any atom is 0.0114 e. The lowest BCUT2D eigenvalue weighted by Crippen LogP contribution is -1.91. The topological polar surface area (TPSA) is 26.0 Å². The van der Waals surface area contributed by atoms with Gasteiger partial charge in [-0.1, -0.05) is 6.08 Å². The van der Waals surface area contributed by atoms with Crippen molar-refractivity contribution in [2.45, 2.75) is 0 Å². The molecular formula is C4H9NS. The highest BCUT2D eigenvalue weighted by atomic mass is 32.2. The molecule has 1 nitrogen and oxygen atoms in total. The molecule has 0 rings (SSSR count). The summed E-state index contributed by atoms with van der Waals surface area (Å²) in [6.45, 7) is 0.654. The van der Waals surface area contributed by atoms with Crippen LogP contribution >= 0.6 is 11.8 Å². The van der Waals surface area contributed by atoms with E-state index in [1.807, 2.05) is 17.7 Å². The van der Waals surface area contributed by atoms with Crippen molar-refractivity contribution in [2.24, 2.45) is 5.73 Å². The zero-order valence-electron chi connectivity index (χ0n) is 3.85. The van der Waals surface area contributed by atoms with Crippen LogP contribution in [-0.4, -0.2) is 12.8 Å². The Hall–Kier alpha value is 0.0500. The van der Waals surface area contributed by atoms with E-state index in [1.54, 1.807) is 11.8 Å². The van der Waals surface area contributed by atoms with Gasteiger partial charge in [-0.25, -0.2) is 0 Å². The van der Waals surface area contributed by atoms with Crippen molar-refractivity contribution in [2.75, 3.05) is 12.8 Å². The summed E-state index contributed by atoms with van der Waals surface area (Å²) < 4.78 is 0. The molecule has 0 bridgehead atoms. The van der Waals surface area contributed by atoms with Gasteiger partial charge < -0.3 is 5.73 Å². The van der Waals surface area contributed by atoms with Crippen LogP contribution in [0.25, 0.3) is 0 Å². The Morgan fingerprint density at radius 3 is 2.67 bits per heavy atom. The van der Waals surface area contributed by atoms with Crippen molar-refractivity contribution < 1.29 is 0 Å². The van der Waals surface area contributed by atoms with Gasteiger partial charge in [0.1, 0.15) is 0 Å². The minimum atomic E-state index is 0.654. The molecule has 0 aromatic rings. The number of hydrogen-bond donors (Lipinski definition) is 1. The van der Waals surface area contributed by atoms with Gasteiger partial charge >= 0.3 is 0 Å². The molecular weight excluding hydrogens is 94.1 g/mol. The molecule has 0 aliphatic carbocycles. The Kier molecular flexibility index (Phi) is 5.09. The van der Waals surface area contributed by atoms with Gasteiger partial charge in [0, 0.05) is 6.54 Å². The zero-order valence-corrected chi connectivity index (χ0v) is 4.66. The van der Waals surface area contributed by atoms with E-state index in [-0.39, 0.29) is 0 Å². The molecule has 36 valence electrons. The van der Waals surface area contributed by atoms with Gasteiger partial charge in [-0.2, -0.15) is 0 Å². The van der Waals surface area contributed by atoms with Crippen LogP contribution in [-0.2, 0) is 0 Å². The van der Waals surface area contributed by atoms with E-state index in [4.69, 9.17) is 5.73 Å². The second kappa shape index (κ2) is 5.05. The lowest BCUT2D eigenvalue weighted by molar-refractivity contribution is 1.26. The minimum absolute atomic E-state index is 0.654. The molecule has 0 saturated carbocycles. The Labute approximate surface area is 42.6 Å². The van der Waals surface area contributed by atoms with Gasteiger partial charge in [-0.15, -0.1) is 11.8 Å². The van der Waals surface area contributed by atoms with Crippen LogP contribution < -0.4 is 5.73 Å². The first-order valence-corrected chi connectivity index (χ1v) is 3.08. The summed E-state index contributed by atoms with van der Waals surface area (Å²) in [6.07, 6.45) is 3.93. The third-order valence-corrected chi connectivity index (χ3v) is 0.833. The minimum Gasteiger partial charge on any atom is -0.327 e. The lowest BCUT2D eigenvalue weighted by atomic mass is 10.7. The molecule has 0 atom stereocenters. The molecule has 0 unspecified atom stereocenters. The lowest BCUT2D eigenvalue weighted by Gasteiger charge is -1.73. The van der Waals surface area contributed by atoms with Crippen LogP contribution in [0.5, 0.6) is 0 Å². The highest BCUT2D eigenvalue weighted by Gasteiger charge is 1.59. The molecule has 6 heavy (non-hydrogen) atoms. The maximum absolute atomic E-state index is 5.11. The summed E-state index contributed by atoms with van der Waals surface area (Å²) in [7, 11) is 0. The highest BCUT2D eigenvalue weighted by Crippen LogP contribution is 1.89. The van der Waals surface area contributed by atoms with Crippen molar-refractivity contribution in [1.82, 2.24) is 0 Å². The molecule has 0 fully saturated rings. The normalized spacial score (nSPS) is 10.3. The van der Waals surface area contributed by atoms with Gasteiger partial charge in [-0.05, 0) is 11.7 Å². The summed E-state index contributed by atoms with van der Waals surface area (Å²) >= 11 is 1.67. The van der Waals surface area contributed by atoms with Crippen molar-refractivity contribution in [3.63, 3.8) is 0 Å². The van der Waals surface area contributed by atoms with Crippen molar-refractivity contribution in [3.05, 3.63) is 11.5 Å². The van der Waals surface area contributed by atoms with Gasteiger partial charge in [-0.3, -0.25) is 0 Å². The highest BCUT2D eigenvalue weighted by molar-refractivity contribution is 8.01. The molecule has 0 aliphatic rings. The van der Waals surface area contributed by atoms with E-state index in [0.29, 0.717) is 6.54 Å². The molecule has 0 saturated heterocycles. The first-order valence-electron chi connectivity index (χ1n) is 1.79. The predicted molar refractivity (Wildman–Crippen MR) is 31.7 cm³/mol. The van der Waals surface area contributed by atoms with Gasteiger partial charge in [0.15, 0.2) is 0 Å². The number of hydrogen-bond acceptors (Lipinski definition) is 2. The average Bonchev–Trinajstić information content (AvgIpc) is 1.61. The van der Waals surface area contributed by atoms with Crippen molar-refractivity contribution in [1.29, 1.82) is 0 Å². The molecule has 0 amide bonds. The van der Waals surface area contributed by atoms with Crippen molar-refractivity contribution >= 4 is 11.8 Å².